The summed E-state index contributed by atoms with van der Waals surface area (Å²) in [6, 6.07) is 3.94. The SMILES string of the molecule is CCOc1ccc(CC(C)C(CN)CO)c(OCC)c1OCC. The predicted molar refractivity (Wildman–Crippen MR) is 92.4 cm³/mol. The highest BCUT2D eigenvalue weighted by Crippen LogP contribution is 2.41. The summed E-state index contributed by atoms with van der Waals surface area (Å²) in [6.07, 6.45) is 0.768. The second-order valence-electron chi connectivity index (χ2n) is 5.54. The predicted octanol–water partition coefficient (Wildman–Crippen LogP) is 2.63. The van der Waals surface area contributed by atoms with Gasteiger partial charge in [-0.25, -0.2) is 0 Å². The van der Waals surface area contributed by atoms with E-state index in [4.69, 9.17) is 19.9 Å². The van der Waals surface area contributed by atoms with Gasteiger partial charge in [0.25, 0.3) is 0 Å². The second kappa shape index (κ2) is 10.3. The molecule has 1 aromatic rings. The molecule has 5 heteroatoms. The van der Waals surface area contributed by atoms with Crippen LogP contribution in [0.5, 0.6) is 17.2 Å². The highest BCUT2D eigenvalue weighted by atomic mass is 16.5. The molecule has 0 spiro atoms. The summed E-state index contributed by atoms with van der Waals surface area (Å²) in [6.45, 7) is 10.2. The first-order chi connectivity index (χ1) is 11.1. The molecular weight excluding hydrogens is 294 g/mol. The maximum atomic E-state index is 9.44. The van der Waals surface area contributed by atoms with E-state index in [0.29, 0.717) is 37.9 Å². The van der Waals surface area contributed by atoms with E-state index in [2.05, 4.69) is 6.92 Å². The average Bonchev–Trinajstić information content (AvgIpc) is 2.54. The van der Waals surface area contributed by atoms with Crippen molar-refractivity contribution in [2.45, 2.75) is 34.1 Å². The molecule has 0 radical (unpaired) electrons. The van der Waals surface area contributed by atoms with Gasteiger partial charge in [-0.15, -0.1) is 0 Å². The van der Waals surface area contributed by atoms with Crippen LogP contribution in [0.3, 0.4) is 0 Å². The summed E-state index contributed by atoms with van der Waals surface area (Å²) in [5.41, 5.74) is 6.79. The van der Waals surface area contributed by atoms with Gasteiger partial charge in [0.1, 0.15) is 0 Å². The minimum atomic E-state index is 0.0755. The van der Waals surface area contributed by atoms with Crippen molar-refractivity contribution in [2.24, 2.45) is 17.6 Å². The molecule has 23 heavy (non-hydrogen) atoms. The normalized spacial score (nSPS) is 13.5. The van der Waals surface area contributed by atoms with Crippen molar-refractivity contribution in [1.29, 1.82) is 0 Å². The van der Waals surface area contributed by atoms with Gasteiger partial charge >= 0.3 is 0 Å². The summed E-state index contributed by atoms with van der Waals surface area (Å²) >= 11 is 0. The maximum Gasteiger partial charge on any atom is 0.203 e. The van der Waals surface area contributed by atoms with Crippen LogP contribution in [-0.4, -0.2) is 38.1 Å². The van der Waals surface area contributed by atoms with Crippen molar-refractivity contribution in [3.05, 3.63) is 17.7 Å². The lowest BCUT2D eigenvalue weighted by molar-refractivity contribution is 0.186. The van der Waals surface area contributed by atoms with Crippen LogP contribution in [-0.2, 0) is 6.42 Å². The minimum absolute atomic E-state index is 0.0755. The van der Waals surface area contributed by atoms with E-state index in [-0.39, 0.29) is 18.4 Å². The Morgan fingerprint density at radius 2 is 1.61 bits per heavy atom. The number of rotatable bonds is 11. The summed E-state index contributed by atoms with van der Waals surface area (Å²) in [7, 11) is 0. The molecule has 0 saturated heterocycles. The van der Waals surface area contributed by atoms with Crippen molar-refractivity contribution < 1.29 is 19.3 Å². The Hall–Kier alpha value is -1.46. The quantitative estimate of drug-likeness (QED) is 0.654. The zero-order chi connectivity index (χ0) is 17.2. The van der Waals surface area contributed by atoms with Gasteiger partial charge in [-0.3, -0.25) is 0 Å². The van der Waals surface area contributed by atoms with Crippen molar-refractivity contribution in [2.75, 3.05) is 33.0 Å². The maximum absolute atomic E-state index is 9.44. The standard InChI is InChI=1S/C18H31NO4/c1-5-21-16-9-8-14(10-13(4)15(11-19)12-20)17(22-6-2)18(16)23-7-3/h8-9,13,15,20H,5-7,10-12,19H2,1-4H3. The lowest BCUT2D eigenvalue weighted by Gasteiger charge is -2.23. The molecule has 0 aliphatic heterocycles. The molecule has 0 aliphatic carbocycles. The summed E-state index contributed by atoms with van der Waals surface area (Å²) < 4.78 is 17.3. The van der Waals surface area contributed by atoms with Gasteiger partial charge in [-0.2, -0.15) is 0 Å². The summed E-state index contributed by atoms with van der Waals surface area (Å²) in [5.74, 6) is 2.42. The Morgan fingerprint density at radius 3 is 2.13 bits per heavy atom. The topological polar surface area (TPSA) is 73.9 Å². The van der Waals surface area contributed by atoms with Gasteiger partial charge in [0.15, 0.2) is 11.5 Å². The van der Waals surface area contributed by atoms with Crippen LogP contribution in [0.4, 0.5) is 0 Å². The van der Waals surface area contributed by atoms with E-state index in [9.17, 15) is 5.11 Å². The van der Waals surface area contributed by atoms with Gasteiger partial charge in [0, 0.05) is 6.61 Å². The molecule has 0 heterocycles. The van der Waals surface area contributed by atoms with Crippen LogP contribution in [0.25, 0.3) is 0 Å². The molecule has 0 bridgehead atoms. The Morgan fingerprint density at radius 1 is 1.00 bits per heavy atom. The Balaban J connectivity index is 3.17. The zero-order valence-corrected chi connectivity index (χ0v) is 14.8. The summed E-state index contributed by atoms with van der Waals surface area (Å²) in [5, 5.41) is 9.44. The number of aliphatic hydroxyl groups excluding tert-OH is 1. The molecule has 2 unspecified atom stereocenters. The first-order valence-corrected chi connectivity index (χ1v) is 8.47. The monoisotopic (exact) mass is 325 g/mol. The highest BCUT2D eigenvalue weighted by molar-refractivity contribution is 5.56. The minimum Gasteiger partial charge on any atom is -0.490 e. The zero-order valence-electron chi connectivity index (χ0n) is 14.8. The van der Waals surface area contributed by atoms with Crippen molar-refractivity contribution >= 4 is 0 Å². The third kappa shape index (κ3) is 5.29. The number of hydrogen-bond acceptors (Lipinski definition) is 5. The molecule has 3 N–H and O–H groups in total. The van der Waals surface area contributed by atoms with E-state index in [1.807, 2.05) is 32.9 Å². The first-order valence-electron chi connectivity index (χ1n) is 8.47. The van der Waals surface area contributed by atoms with E-state index in [1.165, 1.54) is 0 Å². The molecule has 0 aliphatic rings. The van der Waals surface area contributed by atoms with Crippen LogP contribution in [0.15, 0.2) is 12.1 Å². The van der Waals surface area contributed by atoms with Gasteiger partial charge in [-0.05, 0) is 57.2 Å². The molecule has 2 atom stereocenters. The number of nitrogens with two attached hydrogens (primary N) is 1. The van der Waals surface area contributed by atoms with Crippen LogP contribution >= 0.6 is 0 Å². The van der Waals surface area contributed by atoms with Crippen molar-refractivity contribution in [3.63, 3.8) is 0 Å². The first kappa shape index (κ1) is 19.6. The molecule has 0 aromatic heterocycles. The van der Waals surface area contributed by atoms with E-state index in [1.54, 1.807) is 0 Å². The molecule has 0 saturated carbocycles. The second-order valence-corrected chi connectivity index (χ2v) is 5.54. The molecule has 1 aromatic carbocycles. The molecular formula is C18H31NO4. The Kier molecular flexibility index (Phi) is 8.81. The van der Waals surface area contributed by atoms with Gasteiger partial charge < -0.3 is 25.1 Å². The number of ether oxygens (including phenoxy) is 3. The van der Waals surface area contributed by atoms with Crippen molar-refractivity contribution in [1.82, 2.24) is 0 Å². The number of aliphatic hydroxyl groups is 1. The van der Waals surface area contributed by atoms with Gasteiger partial charge in [-0.1, -0.05) is 13.0 Å². The third-order valence-electron chi connectivity index (χ3n) is 3.92. The highest BCUT2D eigenvalue weighted by Gasteiger charge is 2.21. The third-order valence-corrected chi connectivity index (χ3v) is 3.92. The molecule has 132 valence electrons. The fourth-order valence-electron chi connectivity index (χ4n) is 2.60. The fraction of sp³-hybridized carbons (Fsp3) is 0.667. The average molecular weight is 325 g/mol. The molecule has 0 fully saturated rings. The number of benzene rings is 1. The van der Waals surface area contributed by atoms with Gasteiger partial charge in [0.2, 0.25) is 5.75 Å². The van der Waals surface area contributed by atoms with Gasteiger partial charge in [0.05, 0.1) is 19.8 Å². The lowest BCUT2D eigenvalue weighted by atomic mass is 9.88. The Bertz CT molecular complexity index is 461. The van der Waals surface area contributed by atoms with Crippen LogP contribution < -0.4 is 19.9 Å². The van der Waals surface area contributed by atoms with E-state index >= 15 is 0 Å². The lowest BCUT2D eigenvalue weighted by Crippen LogP contribution is -2.26. The molecule has 1 rings (SSSR count). The molecule has 0 amide bonds. The van der Waals surface area contributed by atoms with Crippen LogP contribution in [0.1, 0.15) is 33.3 Å². The van der Waals surface area contributed by atoms with E-state index in [0.717, 1.165) is 17.7 Å². The number of hydrogen-bond donors (Lipinski definition) is 2. The Labute approximate surface area is 139 Å². The largest absolute Gasteiger partial charge is 0.490 e. The van der Waals surface area contributed by atoms with E-state index < -0.39 is 0 Å². The fourth-order valence-corrected chi connectivity index (χ4v) is 2.60. The van der Waals surface area contributed by atoms with Crippen molar-refractivity contribution in [3.8, 4) is 17.2 Å². The van der Waals surface area contributed by atoms with Crippen LogP contribution in [0, 0.1) is 11.8 Å². The molecule has 5 nitrogen and oxygen atoms in total. The smallest absolute Gasteiger partial charge is 0.203 e. The van der Waals surface area contributed by atoms with Crippen LogP contribution in [0.2, 0.25) is 0 Å². The summed E-state index contributed by atoms with van der Waals surface area (Å²) in [4.78, 5) is 0.